The molecule has 5 heteroatoms. The Labute approximate surface area is 119 Å². The molecule has 4 aliphatic rings. The van der Waals surface area contributed by atoms with Gasteiger partial charge in [-0.1, -0.05) is 11.6 Å². The van der Waals surface area contributed by atoms with Gasteiger partial charge in [0.05, 0.1) is 0 Å². The minimum atomic E-state index is 0.587. The van der Waals surface area contributed by atoms with Crippen molar-refractivity contribution in [3.63, 3.8) is 0 Å². The zero-order valence-corrected chi connectivity index (χ0v) is 11.9. The SMILES string of the molecule is C1CCN2C[C@@H]3CN(c4nc(C5CC5)no4)C[C@H]3[C@H]2C1. The van der Waals surface area contributed by atoms with Gasteiger partial charge in [-0.15, -0.1) is 0 Å². The van der Waals surface area contributed by atoms with Crippen LogP contribution in [-0.4, -0.2) is 47.3 Å². The number of hydrogen-bond donors (Lipinski definition) is 0. The van der Waals surface area contributed by atoms with E-state index in [0.717, 1.165) is 42.8 Å². The molecule has 1 aromatic rings. The van der Waals surface area contributed by atoms with Crippen LogP contribution in [-0.2, 0) is 0 Å². The lowest BCUT2D eigenvalue weighted by Gasteiger charge is -2.32. The van der Waals surface area contributed by atoms with Crippen molar-refractivity contribution in [1.82, 2.24) is 15.0 Å². The van der Waals surface area contributed by atoms with E-state index in [1.807, 2.05) is 0 Å². The smallest absolute Gasteiger partial charge is 0.324 e. The van der Waals surface area contributed by atoms with Crippen molar-refractivity contribution >= 4 is 6.01 Å². The van der Waals surface area contributed by atoms with E-state index >= 15 is 0 Å². The quantitative estimate of drug-likeness (QED) is 0.824. The Morgan fingerprint density at radius 2 is 2.00 bits per heavy atom. The maximum absolute atomic E-state index is 5.50. The number of aromatic nitrogens is 2. The van der Waals surface area contributed by atoms with E-state index in [-0.39, 0.29) is 0 Å². The summed E-state index contributed by atoms with van der Waals surface area (Å²) < 4.78 is 5.50. The third kappa shape index (κ3) is 1.72. The number of nitrogens with zero attached hydrogens (tertiary/aromatic N) is 4. The number of anilines is 1. The normalized spacial score (nSPS) is 37.2. The first kappa shape index (κ1) is 11.5. The molecule has 5 nitrogen and oxygen atoms in total. The fourth-order valence-electron chi connectivity index (χ4n) is 4.57. The summed E-state index contributed by atoms with van der Waals surface area (Å²) >= 11 is 0. The van der Waals surface area contributed by atoms with Gasteiger partial charge < -0.3 is 9.42 Å². The molecule has 20 heavy (non-hydrogen) atoms. The first-order chi connectivity index (χ1) is 9.88. The molecule has 0 unspecified atom stereocenters. The molecule has 1 aromatic heterocycles. The van der Waals surface area contributed by atoms with E-state index in [0.29, 0.717) is 5.92 Å². The minimum Gasteiger partial charge on any atom is -0.324 e. The molecule has 3 aliphatic heterocycles. The maximum Gasteiger partial charge on any atom is 0.324 e. The topological polar surface area (TPSA) is 45.4 Å². The fraction of sp³-hybridized carbons (Fsp3) is 0.867. The van der Waals surface area contributed by atoms with Crippen LogP contribution in [0.2, 0.25) is 0 Å². The van der Waals surface area contributed by atoms with Crippen LogP contribution in [0.15, 0.2) is 4.52 Å². The molecule has 0 aromatic carbocycles. The molecule has 3 atom stereocenters. The summed E-state index contributed by atoms with van der Waals surface area (Å²) in [7, 11) is 0. The molecular weight excluding hydrogens is 252 g/mol. The summed E-state index contributed by atoms with van der Waals surface area (Å²) in [5.41, 5.74) is 0. The van der Waals surface area contributed by atoms with Gasteiger partial charge >= 0.3 is 6.01 Å². The highest BCUT2D eigenvalue weighted by molar-refractivity contribution is 5.30. The second-order valence-corrected chi connectivity index (χ2v) is 7.10. The molecular formula is C15H22N4O. The standard InChI is InChI=1S/C15H22N4O/c1-2-6-18-7-11-8-19(9-12(11)13(18)3-1)15-16-14(17-20-15)10-4-5-10/h10-13H,1-9H2/t11-,12-,13-/m1/s1. The molecule has 5 rings (SSSR count). The van der Waals surface area contributed by atoms with Crippen molar-refractivity contribution in [2.75, 3.05) is 31.1 Å². The summed E-state index contributed by atoms with van der Waals surface area (Å²) in [5, 5.41) is 4.16. The molecule has 0 bridgehead atoms. The van der Waals surface area contributed by atoms with Gasteiger partial charge in [0.1, 0.15) is 0 Å². The van der Waals surface area contributed by atoms with Gasteiger partial charge in [0, 0.05) is 31.6 Å². The Hall–Kier alpha value is -1.10. The van der Waals surface area contributed by atoms with Crippen molar-refractivity contribution in [3.05, 3.63) is 5.82 Å². The molecule has 0 spiro atoms. The van der Waals surface area contributed by atoms with E-state index in [2.05, 4.69) is 19.9 Å². The Balaban J connectivity index is 1.33. The van der Waals surface area contributed by atoms with Gasteiger partial charge in [-0.25, -0.2) is 0 Å². The van der Waals surface area contributed by atoms with Crippen LogP contribution < -0.4 is 4.90 Å². The van der Waals surface area contributed by atoms with Crippen molar-refractivity contribution in [2.24, 2.45) is 11.8 Å². The Morgan fingerprint density at radius 3 is 2.90 bits per heavy atom. The predicted molar refractivity (Wildman–Crippen MR) is 74.7 cm³/mol. The van der Waals surface area contributed by atoms with E-state index in [1.54, 1.807) is 0 Å². The first-order valence-electron chi connectivity index (χ1n) is 8.21. The van der Waals surface area contributed by atoms with Gasteiger partial charge in [-0.2, -0.15) is 4.98 Å². The third-order valence-electron chi connectivity index (χ3n) is 5.76. The largest absolute Gasteiger partial charge is 0.324 e. The molecule has 0 amide bonds. The average molecular weight is 274 g/mol. The number of hydrogen-bond acceptors (Lipinski definition) is 5. The summed E-state index contributed by atoms with van der Waals surface area (Å²) in [6.45, 7) is 4.85. The lowest BCUT2D eigenvalue weighted by atomic mass is 9.90. The number of piperidine rings is 1. The third-order valence-corrected chi connectivity index (χ3v) is 5.76. The van der Waals surface area contributed by atoms with Crippen molar-refractivity contribution in [2.45, 2.75) is 44.1 Å². The highest BCUT2D eigenvalue weighted by Gasteiger charge is 2.48. The number of rotatable bonds is 2. The van der Waals surface area contributed by atoms with Gasteiger partial charge in [0.25, 0.3) is 0 Å². The summed E-state index contributed by atoms with van der Waals surface area (Å²) in [6.07, 6.45) is 6.68. The van der Waals surface area contributed by atoms with Crippen molar-refractivity contribution in [3.8, 4) is 0 Å². The molecule has 0 N–H and O–H groups in total. The van der Waals surface area contributed by atoms with E-state index in [9.17, 15) is 0 Å². The second-order valence-electron chi connectivity index (χ2n) is 7.10. The molecule has 1 aliphatic carbocycles. The van der Waals surface area contributed by atoms with Crippen LogP contribution in [0.4, 0.5) is 6.01 Å². The summed E-state index contributed by atoms with van der Waals surface area (Å²) in [4.78, 5) is 9.70. The van der Waals surface area contributed by atoms with E-state index in [1.165, 1.54) is 45.2 Å². The molecule has 4 heterocycles. The lowest BCUT2D eigenvalue weighted by molar-refractivity contribution is 0.173. The average Bonchev–Trinajstić information content (AvgIpc) is 2.93. The number of fused-ring (bicyclic) bond motifs is 3. The van der Waals surface area contributed by atoms with E-state index in [4.69, 9.17) is 4.52 Å². The van der Waals surface area contributed by atoms with Crippen LogP contribution in [0.5, 0.6) is 0 Å². The Morgan fingerprint density at radius 1 is 1.05 bits per heavy atom. The Bertz CT molecular complexity index is 512. The summed E-state index contributed by atoms with van der Waals surface area (Å²) in [5.74, 6) is 3.17. The minimum absolute atomic E-state index is 0.587. The first-order valence-corrected chi connectivity index (χ1v) is 8.21. The van der Waals surface area contributed by atoms with Crippen LogP contribution in [0, 0.1) is 11.8 Å². The van der Waals surface area contributed by atoms with Crippen LogP contribution in [0.3, 0.4) is 0 Å². The van der Waals surface area contributed by atoms with Crippen molar-refractivity contribution < 1.29 is 4.52 Å². The van der Waals surface area contributed by atoms with Gasteiger partial charge in [0.2, 0.25) is 0 Å². The van der Waals surface area contributed by atoms with Gasteiger partial charge in [-0.3, -0.25) is 4.90 Å². The summed E-state index contributed by atoms with van der Waals surface area (Å²) in [6, 6.07) is 1.60. The Kier molecular flexibility index (Phi) is 2.42. The maximum atomic E-state index is 5.50. The highest BCUT2D eigenvalue weighted by Crippen LogP contribution is 2.42. The van der Waals surface area contributed by atoms with Crippen LogP contribution >= 0.6 is 0 Å². The second kappa shape index (κ2) is 4.20. The zero-order chi connectivity index (χ0) is 13.1. The van der Waals surface area contributed by atoms with Crippen LogP contribution in [0.1, 0.15) is 43.8 Å². The molecule has 4 fully saturated rings. The zero-order valence-electron chi connectivity index (χ0n) is 11.9. The lowest BCUT2D eigenvalue weighted by Crippen LogP contribution is -2.39. The van der Waals surface area contributed by atoms with Gasteiger partial charge in [-0.05, 0) is 44.1 Å². The highest BCUT2D eigenvalue weighted by atomic mass is 16.5. The fourth-order valence-corrected chi connectivity index (χ4v) is 4.57. The van der Waals surface area contributed by atoms with E-state index < -0.39 is 0 Å². The molecule has 3 saturated heterocycles. The van der Waals surface area contributed by atoms with Gasteiger partial charge in [0.15, 0.2) is 5.82 Å². The molecule has 0 radical (unpaired) electrons. The van der Waals surface area contributed by atoms with Crippen molar-refractivity contribution in [1.29, 1.82) is 0 Å². The monoisotopic (exact) mass is 274 g/mol. The molecule has 108 valence electrons. The predicted octanol–water partition coefficient (Wildman–Crippen LogP) is 1.87. The van der Waals surface area contributed by atoms with Crippen LogP contribution in [0.25, 0.3) is 0 Å². The molecule has 1 saturated carbocycles.